The van der Waals surface area contributed by atoms with Gasteiger partial charge in [0.1, 0.15) is 11.9 Å². The van der Waals surface area contributed by atoms with Crippen LogP contribution in [0.15, 0.2) is 12.1 Å². The number of hydrogen-bond acceptors (Lipinski definition) is 2. The molecule has 17 heavy (non-hydrogen) atoms. The molecule has 0 aromatic heterocycles. The SMILES string of the molecule is CC(C)C(Nc1c(F)cc(F)cc1Cl)C(=O)O. The van der Waals surface area contributed by atoms with Crippen LogP contribution in [0.5, 0.6) is 0 Å². The number of aliphatic carboxylic acids is 1. The molecule has 2 N–H and O–H groups in total. The van der Waals surface area contributed by atoms with E-state index in [1.807, 2.05) is 0 Å². The predicted molar refractivity (Wildman–Crippen MR) is 61.3 cm³/mol. The van der Waals surface area contributed by atoms with Crippen LogP contribution in [-0.4, -0.2) is 17.1 Å². The van der Waals surface area contributed by atoms with Crippen LogP contribution in [0.2, 0.25) is 5.02 Å². The first kappa shape index (κ1) is 13.7. The van der Waals surface area contributed by atoms with E-state index in [1.165, 1.54) is 0 Å². The number of carboxylic acids is 1. The molecule has 0 heterocycles. The average Bonchev–Trinajstić information content (AvgIpc) is 2.14. The fourth-order valence-electron chi connectivity index (χ4n) is 1.35. The van der Waals surface area contributed by atoms with Gasteiger partial charge in [-0.2, -0.15) is 0 Å². The minimum absolute atomic E-state index is 0.186. The molecular formula is C11H12ClF2NO2. The topological polar surface area (TPSA) is 49.3 Å². The molecule has 0 fully saturated rings. The second kappa shape index (κ2) is 5.31. The molecule has 0 aliphatic carbocycles. The Morgan fingerprint density at radius 2 is 2.00 bits per heavy atom. The number of carbonyl (C=O) groups is 1. The lowest BCUT2D eigenvalue weighted by Gasteiger charge is -2.20. The van der Waals surface area contributed by atoms with Gasteiger partial charge >= 0.3 is 5.97 Å². The van der Waals surface area contributed by atoms with Crippen LogP contribution in [0.3, 0.4) is 0 Å². The van der Waals surface area contributed by atoms with Gasteiger partial charge in [0.25, 0.3) is 0 Å². The van der Waals surface area contributed by atoms with E-state index in [2.05, 4.69) is 5.32 Å². The van der Waals surface area contributed by atoms with Gasteiger partial charge in [0, 0.05) is 6.07 Å². The number of rotatable bonds is 4. The normalized spacial score (nSPS) is 12.6. The molecule has 1 aromatic carbocycles. The summed E-state index contributed by atoms with van der Waals surface area (Å²) >= 11 is 5.65. The maximum Gasteiger partial charge on any atom is 0.326 e. The molecule has 0 saturated heterocycles. The molecule has 0 spiro atoms. The van der Waals surface area contributed by atoms with E-state index in [0.717, 1.165) is 6.07 Å². The van der Waals surface area contributed by atoms with E-state index in [4.69, 9.17) is 16.7 Å². The van der Waals surface area contributed by atoms with Crippen molar-refractivity contribution in [3.63, 3.8) is 0 Å². The summed E-state index contributed by atoms with van der Waals surface area (Å²) in [6.07, 6.45) is 0. The summed E-state index contributed by atoms with van der Waals surface area (Å²) in [5.41, 5.74) is -0.200. The van der Waals surface area contributed by atoms with E-state index in [9.17, 15) is 13.6 Å². The molecule has 1 unspecified atom stereocenters. The molecule has 1 rings (SSSR count). The fourth-order valence-corrected chi connectivity index (χ4v) is 1.60. The van der Waals surface area contributed by atoms with E-state index in [1.54, 1.807) is 13.8 Å². The second-order valence-corrected chi connectivity index (χ2v) is 4.36. The molecule has 0 saturated carbocycles. The quantitative estimate of drug-likeness (QED) is 0.877. The van der Waals surface area contributed by atoms with Crippen LogP contribution in [-0.2, 0) is 4.79 Å². The van der Waals surface area contributed by atoms with Crippen molar-refractivity contribution in [3.8, 4) is 0 Å². The third-order valence-electron chi connectivity index (χ3n) is 2.24. The second-order valence-electron chi connectivity index (χ2n) is 3.95. The Kier molecular flexibility index (Phi) is 4.28. The van der Waals surface area contributed by atoms with Crippen molar-refractivity contribution in [1.82, 2.24) is 0 Å². The molecule has 94 valence electrons. The Labute approximate surface area is 102 Å². The molecule has 1 atom stereocenters. The first-order valence-electron chi connectivity index (χ1n) is 4.96. The van der Waals surface area contributed by atoms with Crippen molar-refractivity contribution in [2.45, 2.75) is 19.9 Å². The van der Waals surface area contributed by atoms with E-state index >= 15 is 0 Å². The summed E-state index contributed by atoms with van der Waals surface area (Å²) in [7, 11) is 0. The number of benzene rings is 1. The molecule has 0 radical (unpaired) electrons. The maximum atomic E-state index is 13.4. The third-order valence-corrected chi connectivity index (χ3v) is 2.54. The first-order valence-corrected chi connectivity index (χ1v) is 5.34. The van der Waals surface area contributed by atoms with Crippen LogP contribution in [0.1, 0.15) is 13.8 Å². The third kappa shape index (κ3) is 3.30. The Morgan fingerprint density at radius 1 is 1.41 bits per heavy atom. The molecule has 1 aromatic rings. The number of halogens is 3. The van der Waals surface area contributed by atoms with Gasteiger partial charge in [-0.3, -0.25) is 0 Å². The van der Waals surface area contributed by atoms with E-state index in [0.29, 0.717) is 6.07 Å². The lowest BCUT2D eigenvalue weighted by molar-refractivity contribution is -0.138. The minimum atomic E-state index is -1.13. The average molecular weight is 264 g/mol. The summed E-state index contributed by atoms with van der Waals surface area (Å²) in [6.45, 7) is 3.34. The van der Waals surface area contributed by atoms with Gasteiger partial charge in [0.05, 0.1) is 10.7 Å². The maximum absolute atomic E-state index is 13.4. The van der Waals surface area contributed by atoms with E-state index in [-0.39, 0.29) is 16.6 Å². The highest BCUT2D eigenvalue weighted by molar-refractivity contribution is 6.33. The zero-order valence-corrected chi connectivity index (χ0v) is 10.1. The minimum Gasteiger partial charge on any atom is -0.480 e. The van der Waals surface area contributed by atoms with Gasteiger partial charge in [-0.25, -0.2) is 13.6 Å². The number of carboxylic acid groups (broad SMARTS) is 1. The monoisotopic (exact) mass is 263 g/mol. The summed E-state index contributed by atoms with van der Waals surface area (Å²) in [5.74, 6) is -3.12. The summed E-state index contributed by atoms with van der Waals surface area (Å²) in [4.78, 5) is 10.9. The summed E-state index contributed by atoms with van der Waals surface area (Å²) in [6, 6.07) is 0.576. The van der Waals surface area contributed by atoms with Gasteiger partial charge in [-0.05, 0) is 12.0 Å². The van der Waals surface area contributed by atoms with Crippen molar-refractivity contribution in [2.75, 3.05) is 5.32 Å². The summed E-state index contributed by atoms with van der Waals surface area (Å²) < 4.78 is 26.2. The zero-order valence-electron chi connectivity index (χ0n) is 9.30. The van der Waals surface area contributed by atoms with Gasteiger partial charge in [0.15, 0.2) is 5.82 Å². The van der Waals surface area contributed by atoms with Crippen molar-refractivity contribution >= 4 is 23.3 Å². The van der Waals surface area contributed by atoms with E-state index < -0.39 is 23.6 Å². The van der Waals surface area contributed by atoms with Crippen LogP contribution in [0.25, 0.3) is 0 Å². The highest BCUT2D eigenvalue weighted by Crippen LogP contribution is 2.27. The lowest BCUT2D eigenvalue weighted by atomic mass is 10.0. The van der Waals surface area contributed by atoms with Crippen molar-refractivity contribution in [1.29, 1.82) is 0 Å². The fraction of sp³-hybridized carbons (Fsp3) is 0.364. The van der Waals surface area contributed by atoms with Crippen LogP contribution >= 0.6 is 11.6 Å². The molecule has 0 aliphatic rings. The van der Waals surface area contributed by atoms with Crippen molar-refractivity contribution in [3.05, 3.63) is 28.8 Å². The van der Waals surface area contributed by atoms with Crippen molar-refractivity contribution in [2.24, 2.45) is 5.92 Å². The lowest BCUT2D eigenvalue weighted by Crippen LogP contribution is -2.34. The zero-order chi connectivity index (χ0) is 13.2. The summed E-state index contributed by atoms with van der Waals surface area (Å²) in [5, 5.41) is 11.2. The Hall–Kier alpha value is -1.36. The first-order chi connectivity index (χ1) is 7.82. The molecule has 3 nitrogen and oxygen atoms in total. The van der Waals surface area contributed by atoms with Gasteiger partial charge in [0.2, 0.25) is 0 Å². The highest BCUT2D eigenvalue weighted by atomic mass is 35.5. The highest BCUT2D eigenvalue weighted by Gasteiger charge is 2.23. The Balaban J connectivity index is 3.05. The van der Waals surface area contributed by atoms with Crippen molar-refractivity contribution < 1.29 is 18.7 Å². The van der Waals surface area contributed by atoms with Gasteiger partial charge in [-0.15, -0.1) is 0 Å². The van der Waals surface area contributed by atoms with Crippen LogP contribution in [0, 0.1) is 17.6 Å². The number of hydrogen-bond donors (Lipinski definition) is 2. The standard InChI is InChI=1S/C11H12ClF2NO2/c1-5(2)9(11(16)17)15-10-7(12)3-6(13)4-8(10)14/h3-5,9,15H,1-2H3,(H,16,17). The number of anilines is 1. The Bertz CT molecular complexity index is 414. The molecule has 0 aliphatic heterocycles. The molecular weight excluding hydrogens is 252 g/mol. The smallest absolute Gasteiger partial charge is 0.326 e. The molecule has 0 amide bonds. The molecule has 0 bridgehead atoms. The largest absolute Gasteiger partial charge is 0.480 e. The van der Waals surface area contributed by atoms with Crippen LogP contribution in [0.4, 0.5) is 14.5 Å². The van der Waals surface area contributed by atoms with Gasteiger partial charge < -0.3 is 10.4 Å². The van der Waals surface area contributed by atoms with Gasteiger partial charge in [-0.1, -0.05) is 25.4 Å². The molecule has 6 heteroatoms. The van der Waals surface area contributed by atoms with Crippen LogP contribution < -0.4 is 5.32 Å². The number of nitrogens with one attached hydrogen (secondary N) is 1. The predicted octanol–water partition coefficient (Wildman–Crippen LogP) is 3.14. The Morgan fingerprint density at radius 3 is 2.41 bits per heavy atom.